The third-order valence-corrected chi connectivity index (χ3v) is 4.91. The molecule has 2 N–H and O–H groups in total. The van der Waals surface area contributed by atoms with Crippen molar-refractivity contribution in [3.05, 3.63) is 54.2 Å². The first kappa shape index (κ1) is 18.3. The molecular formula is C18H25N3O2S. The first-order valence-electron chi connectivity index (χ1n) is 8.33. The van der Waals surface area contributed by atoms with E-state index in [4.69, 9.17) is 0 Å². The Labute approximate surface area is 144 Å². The lowest BCUT2D eigenvalue weighted by Gasteiger charge is -2.09. The second-order valence-corrected chi connectivity index (χ2v) is 7.56. The van der Waals surface area contributed by atoms with Crippen molar-refractivity contribution in [2.24, 2.45) is 0 Å². The largest absolute Gasteiger partial charge is 0.370 e. The number of anilines is 2. The molecule has 0 saturated heterocycles. The van der Waals surface area contributed by atoms with Crippen molar-refractivity contribution in [1.82, 2.24) is 4.98 Å². The fourth-order valence-electron chi connectivity index (χ4n) is 2.28. The molecule has 0 aliphatic rings. The summed E-state index contributed by atoms with van der Waals surface area (Å²) in [6.45, 7) is 3.04. The van der Waals surface area contributed by atoms with Crippen LogP contribution < -0.4 is 10.0 Å². The molecule has 1 aromatic carbocycles. The van der Waals surface area contributed by atoms with Crippen molar-refractivity contribution < 1.29 is 8.42 Å². The SMILES string of the molecule is CCCCCNc1ccc(NS(=O)(=O)CCc2ccccc2)cn1. The molecule has 5 nitrogen and oxygen atoms in total. The second kappa shape index (κ2) is 9.27. The zero-order chi connectivity index (χ0) is 17.3. The Balaban J connectivity index is 1.83. The molecule has 130 valence electrons. The summed E-state index contributed by atoms with van der Waals surface area (Å²) in [6.07, 6.45) is 5.50. The fourth-order valence-corrected chi connectivity index (χ4v) is 3.36. The summed E-state index contributed by atoms with van der Waals surface area (Å²) in [7, 11) is -3.38. The minimum atomic E-state index is -3.38. The maximum absolute atomic E-state index is 12.1. The van der Waals surface area contributed by atoms with E-state index in [0.29, 0.717) is 12.1 Å². The maximum atomic E-state index is 12.1. The predicted octanol–water partition coefficient (Wildman–Crippen LogP) is 3.67. The van der Waals surface area contributed by atoms with E-state index >= 15 is 0 Å². The van der Waals surface area contributed by atoms with E-state index in [1.165, 1.54) is 12.8 Å². The molecule has 1 aromatic heterocycles. The fraction of sp³-hybridized carbons (Fsp3) is 0.389. The quantitative estimate of drug-likeness (QED) is 0.643. The number of aryl methyl sites for hydroxylation is 1. The van der Waals surface area contributed by atoms with Crippen molar-refractivity contribution in [3.8, 4) is 0 Å². The first-order valence-corrected chi connectivity index (χ1v) is 9.98. The Morgan fingerprint density at radius 1 is 1.04 bits per heavy atom. The first-order chi connectivity index (χ1) is 11.6. The molecule has 0 fully saturated rings. The number of nitrogens with one attached hydrogen (secondary N) is 2. The van der Waals surface area contributed by atoms with Gasteiger partial charge in [-0.05, 0) is 30.5 Å². The summed E-state index contributed by atoms with van der Waals surface area (Å²) in [5.41, 5.74) is 1.50. The molecule has 2 aromatic rings. The summed E-state index contributed by atoms with van der Waals surface area (Å²) < 4.78 is 26.9. The highest BCUT2D eigenvalue weighted by Crippen LogP contribution is 2.12. The number of pyridine rings is 1. The number of sulfonamides is 1. The molecule has 0 amide bonds. The van der Waals surface area contributed by atoms with Crippen LogP contribution in [0.25, 0.3) is 0 Å². The van der Waals surface area contributed by atoms with Gasteiger partial charge in [-0.3, -0.25) is 4.72 Å². The maximum Gasteiger partial charge on any atom is 0.233 e. The minimum absolute atomic E-state index is 0.0496. The molecule has 0 atom stereocenters. The number of hydrogen-bond donors (Lipinski definition) is 2. The van der Waals surface area contributed by atoms with Gasteiger partial charge in [-0.2, -0.15) is 0 Å². The molecule has 24 heavy (non-hydrogen) atoms. The molecule has 0 unspecified atom stereocenters. The monoisotopic (exact) mass is 347 g/mol. The van der Waals surface area contributed by atoms with Gasteiger partial charge in [0.25, 0.3) is 0 Å². The van der Waals surface area contributed by atoms with Crippen LogP contribution >= 0.6 is 0 Å². The summed E-state index contributed by atoms with van der Waals surface area (Å²) in [5.74, 6) is 0.812. The van der Waals surface area contributed by atoms with E-state index in [0.717, 1.165) is 24.3 Å². The van der Waals surface area contributed by atoms with Crippen molar-refractivity contribution in [3.63, 3.8) is 0 Å². The number of hydrogen-bond acceptors (Lipinski definition) is 4. The van der Waals surface area contributed by atoms with E-state index in [2.05, 4.69) is 21.9 Å². The zero-order valence-electron chi connectivity index (χ0n) is 14.0. The molecule has 2 rings (SSSR count). The Bertz CT molecular complexity index is 701. The molecule has 0 aliphatic carbocycles. The number of benzene rings is 1. The molecular weight excluding hydrogens is 322 g/mol. The van der Waals surface area contributed by atoms with E-state index in [1.54, 1.807) is 18.3 Å². The molecule has 0 aliphatic heterocycles. The molecule has 0 radical (unpaired) electrons. The standard InChI is InChI=1S/C18H25N3O2S/c1-2-3-7-13-19-18-11-10-17(15-20-18)21-24(22,23)14-12-16-8-5-4-6-9-16/h4-6,8-11,15,21H,2-3,7,12-14H2,1H3,(H,19,20). The molecule has 0 saturated carbocycles. The smallest absolute Gasteiger partial charge is 0.233 e. The molecule has 1 heterocycles. The summed E-state index contributed by atoms with van der Waals surface area (Å²) in [4.78, 5) is 4.24. The van der Waals surface area contributed by atoms with Crippen LogP contribution in [0.2, 0.25) is 0 Å². The van der Waals surface area contributed by atoms with Gasteiger partial charge >= 0.3 is 0 Å². The van der Waals surface area contributed by atoms with Gasteiger partial charge in [0.05, 0.1) is 17.6 Å². The van der Waals surface area contributed by atoms with Gasteiger partial charge < -0.3 is 5.32 Å². The normalized spacial score (nSPS) is 11.2. The average Bonchev–Trinajstić information content (AvgIpc) is 2.59. The Hall–Kier alpha value is -2.08. The Kier molecular flexibility index (Phi) is 7.06. The zero-order valence-corrected chi connectivity index (χ0v) is 14.8. The van der Waals surface area contributed by atoms with Crippen molar-refractivity contribution in [1.29, 1.82) is 0 Å². The van der Waals surface area contributed by atoms with Crippen molar-refractivity contribution in [2.75, 3.05) is 22.3 Å². The van der Waals surface area contributed by atoms with Crippen molar-refractivity contribution >= 4 is 21.5 Å². The van der Waals surface area contributed by atoms with Crippen molar-refractivity contribution in [2.45, 2.75) is 32.6 Å². The highest BCUT2D eigenvalue weighted by molar-refractivity contribution is 7.92. The minimum Gasteiger partial charge on any atom is -0.370 e. The van der Waals surface area contributed by atoms with Crippen LogP contribution in [-0.2, 0) is 16.4 Å². The van der Waals surface area contributed by atoms with Gasteiger partial charge in [-0.25, -0.2) is 13.4 Å². The molecule has 6 heteroatoms. The third-order valence-electron chi connectivity index (χ3n) is 3.63. The predicted molar refractivity (Wildman–Crippen MR) is 99.8 cm³/mol. The van der Waals surface area contributed by atoms with E-state index in [9.17, 15) is 8.42 Å². The van der Waals surface area contributed by atoms with Crippen LogP contribution in [0.1, 0.15) is 31.7 Å². The van der Waals surface area contributed by atoms with Crippen LogP contribution in [0.15, 0.2) is 48.7 Å². The van der Waals surface area contributed by atoms with Crippen LogP contribution in [0.5, 0.6) is 0 Å². The topological polar surface area (TPSA) is 71.1 Å². The molecule has 0 spiro atoms. The second-order valence-electron chi connectivity index (χ2n) is 5.72. The van der Waals surface area contributed by atoms with Gasteiger partial charge in [0.15, 0.2) is 0 Å². The summed E-state index contributed by atoms with van der Waals surface area (Å²) in [6, 6.07) is 13.1. The Morgan fingerprint density at radius 2 is 1.83 bits per heavy atom. The number of unbranched alkanes of at least 4 members (excludes halogenated alkanes) is 2. The average molecular weight is 347 g/mol. The lowest BCUT2D eigenvalue weighted by atomic mass is 10.2. The van der Waals surface area contributed by atoms with E-state index in [1.807, 2.05) is 30.3 Å². The van der Waals surface area contributed by atoms with Gasteiger partial charge in [-0.15, -0.1) is 0 Å². The van der Waals surface area contributed by atoms with Gasteiger partial charge in [-0.1, -0.05) is 50.1 Å². The van der Waals surface area contributed by atoms with E-state index < -0.39 is 10.0 Å². The number of rotatable bonds is 10. The summed E-state index contributed by atoms with van der Waals surface area (Å²) >= 11 is 0. The Morgan fingerprint density at radius 3 is 2.50 bits per heavy atom. The number of aromatic nitrogens is 1. The molecule has 0 bridgehead atoms. The van der Waals surface area contributed by atoms with Crippen LogP contribution in [0, 0.1) is 0 Å². The van der Waals surface area contributed by atoms with Gasteiger partial charge in [0.1, 0.15) is 5.82 Å². The highest BCUT2D eigenvalue weighted by atomic mass is 32.2. The lowest BCUT2D eigenvalue weighted by Crippen LogP contribution is -2.18. The highest BCUT2D eigenvalue weighted by Gasteiger charge is 2.11. The van der Waals surface area contributed by atoms with Gasteiger partial charge in [0, 0.05) is 6.54 Å². The van der Waals surface area contributed by atoms with Crippen LogP contribution in [0.3, 0.4) is 0 Å². The number of nitrogens with zero attached hydrogens (tertiary/aromatic N) is 1. The summed E-state index contributed by atoms with van der Waals surface area (Å²) in [5, 5.41) is 3.23. The van der Waals surface area contributed by atoms with Gasteiger partial charge in [0.2, 0.25) is 10.0 Å². The van der Waals surface area contributed by atoms with Crippen LogP contribution in [0.4, 0.5) is 11.5 Å². The van der Waals surface area contributed by atoms with Crippen LogP contribution in [-0.4, -0.2) is 25.7 Å². The third kappa shape index (κ3) is 6.58. The van der Waals surface area contributed by atoms with E-state index in [-0.39, 0.29) is 5.75 Å². The lowest BCUT2D eigenvalue weighted by molar-refractivity contribution is 0.600.